The van der Waals surface area contributed by atoms with Crippen molar-refractivity contribution >= 4 is 15.9 Å². The molecule has 0 aliphatic carbocycles. The number of benzene rings is 1. The van der Waals surface area contributed by atoms with Gasteiger partial charge in [0.25, 0.3) is 0 Å². The molecule has 2 nitrogen and oxygen atoms in total. The van der Waals surface area contributed by atoms with Gasteiger partial charge < -0.3 is 5.32 Å². The molecule has 2 rings (SSSR count). The van der Waals surface area contributed by atoms with Crippen molar-refractivity contribution in [3.05, 3.63) is 34.1 Å². The largest absolute Gasteiger partial charge is 0.311 e. The molecule has 1 N–H and O–H groups in total. The van der Waals surface area contributed by atoms with Gasteiger partial charge in [-0.05, 0) is 58.4 Å². The van der Waals surface area contributed by atoms with Crippen molar-refractivity contribution < 1.29 is 4.39 Å². The molecule has 0 saturated carbocycles. The van der Waals surface area contributed by atoms with E-state index in [1.54, 1.807) is 12.1 Å². The van der Waals surface area contributed by atoms with Crippen LogP contribution in [0.5, 0.6) is 0 Å². The Labute approximate surface area is 136 Å². The molecule has 118 valence electrons. The molecule has 1 aromatic carbocycles. The summed E-state index contributed by atoms with van der Waals surface area (Å²) in [4.78, 5) is 2.42. The summed E-state index contributed by atoms with van der Waals surface area (Å²) < 4.78 is 14.9. The van der Waals surface area contributed by atoms with E-state index in [4.69, 9.17) is 0 Å². The number of piperidine rings is 1. The van der Waals surface area contributed by atoms with Gasteiger partial charge in [0.1, 0.15) is 5.82 Å². The van der Waals surface area contributed by atoms with Crippen LogP contribution in [0.1, 0.15) is 45.6 Å². The molecule has 1 unspecified atom stereocenters. The normalized spacial score (nSPS) is 20.7. The van der Waals surface area contributed by atoms with Crippen LogP contribution < -0.4 is 5.32 Å². The van der Waals surface area contributed by atoms with Crippen molar-refractivity contribution in [3.8, 4) is 0 Å². The van der Waals surface area contributed by atoms with Gasteiger partial charge in [-0.25, -0.2) is 4.39 Å². The van der Waals surface area contributed by atoms with Crippen molar-refractivity contribution in [1.29, 1.82) is 0 Å². The van der Waals surface area contributed by atoms with Gasteiger partial charge in [0.05, 0.1) is 0 Å². The third kappa shape index (κ3) is 5.35. The van der Waals surface area contributed by atoms with E-state index < -0.39 is 0 Å². The molecule has 1 aliphatic rings. The van der Waals surface area contributed by atoms with Crippen molar-refractivity contribution in [3.63, 3.8) is 0 Å². The monoisotopic (exact) mass is 356 g/mol. The third-order valence-electron chi connectivity index (χ3n) is 4.00. The van der Waals surface area contributed by atoms with Crippen LogP contribution in [0.4, 0.5) is 4.39 Å². The Bertz CT molecular complexity index is 470. The molecule has 1 aromatic rings. The summed E-state index contributed by atoms with van der Waals surface area (Å²) in [7, 11) is 0. The topological polar surface area (TPSA) is 15.3 Å². The number of likely N-dealkylation sites (tertiary alicyclic amines) is 1. The minimum absolute atomic E-state index is 0.105. The van der Waals surface area contributed by atoms with Crippen LogP contribution in [0.2, 0.25) is 0 Å². The molecule has 1 heterocycles. The molecular weight excluding hydrogens is 331 g/mol. The molecule has 0 amide bonds. The zero-order valence-electron chi connectivity index (χ0n) is 13.3. The standard InChI is InChI=1S/C17H26BrFN2/c1-17(2,3)20-11-15-6-4-5-9-21(15)12-13-10-14(18)7-8-16(13)19/h7-8,10,15,20H,4-6,9,11-12H2,1-3H3. The van der Waals surface area contributed by atoms with Crippen LogP contribution in [0.25, 0.3) is 0 Å². The lowest BCUT2D eigenvalue weighted by Crippen LogP contribution is -2.49. The second kappa shape index (κ2) is 7.21. The number of hydrogen-bond donors (Lipinski definition) is 1. The van der Waals surface area contributed by atoms with Crippen LogP contribution in [0.15, 0.2) is 22.7 Å². The summed E-state index contributed by atoms with van der Waals surface area (Å²) >= 11 is 3.44. The first-order valence-electron chi connectivity index (χ1n) is 7.78. The summed E-state index contributed by atoms with van der Waals surface area (Å²) in [5.41, 5.74) is 0.913. The molecule has 4 heteroatoms. The van der Waals surface area contributed by atoms with Crippen molar-refractivity contribution in [2.24, 2.45) is 0 Å². The molecule has 0 bridgehead atoms. The van der Waals surface area contributed by atoms with Crippen LogP contribution >= 0.6 is 15.9 Å². The fourth-order valence-corrected chi connectivity index (χ4v) is 3.22. The number of halogens is 2. The third-order valence-corrected chi connectivity index (χ3v) is 4.49. The maximum Gasteiger partial charge on any atom is 0.127 e. The second-order valence-corrected chi connectivity index (χ2v) is 7.90. The van der Waals surface area contributed by atoms with Crippen LogP contribution in [0.3, 0.4) is 0 Å². The lowest BCUT2D eigenvalue weighted by Gasteiger charge is -2.37. The van der Waals surface area contributed by atoms with E-state index in [-0.39, 0.29) is 11.4 Å². The lowest BCUT2D eigenvalue weighted by molar-refractivity contribution is 0.129. The second-order valence-electron chi connectivity index (χ2n) is 6.99. The van der Waals surface area contributed by atoms with Gasteiger partial charge in [-0.3, -0.25) is 4.90 Å². The highest BCUT2D eigenvalue weighted by Gasteiger charge is 2.24. The quantitative estimate of drug-likeness (QED) is 0.863. The smallest absolute Gasteiger partial charge is 0.127 e. The average Bonchev–Trinajstić information content (AvgIpc) is 2.41. The zero-order valence-corrected chi connectivity index (χ0v) is 14.8. The Balaban J connectivity index is 2.03. The van der Waals surface area contributed by atoms with Gasteiger partial charge in [0.15, 0.2) is 0 Å². The SMILES string of the molecule is CC(C)(C)NCC1CCCCN1Cc1cc(Br)ccc1F. The highest BCUT2D eigenvalue weighted by molar-refractivity contribution is 9.10. The summed E-state index contributed by atoms with van der Waals surface area (Å²) in [6.07, 6.45) is 3.67. The molecule has 1 saturated heterocycles. The lowest BCUT2D eigenvalue weighted by atomic mass is 9.99. The Hall–Kier alpha value is -0.450. The predicted octanol–water partition coefficient (Wildman–Crippen LogP) is 4.33. The molecule has 1 atom stereocenters. The maximum atomic E-state index is 14.0. The fraction of sp³-hybridized carbons (Fsp3) is 0.647. The van der Waals surface area contributed by atoms with Gasteiger partial charge in [-0.1, -0.05) is 22.4 Å². The van der Waals surface area contributed by atoms with Gasteiger partial charge in [0, 0.05) is 34.7 Å². The minimum Gasteiger partial charge on any atom is -0.311 e. The Morgan fingerprint density at radius 3 is 2.81 bits per heavy atom. The van der Waals surface area contributed by atoms with Crippen LogP contribution in [-0.4, -0.2) is 29.6 Å². The highest BCUT2D eigenvalue weighted by Crippen LogP contribution is 2.23. The molecular formula is C17H26BrFN2. The van der Waals surface area contributed by atoms with Crippen molar-refractivity contribution in [2.75, 3.05) is 13.1 Å². The Morgan fingerprint density at radius 2 is 2.10 bits per heavy atom. The number of nitrogens with zero attached hydrogens (tertiary/aromatic N) is 1. The van der Waals surface area contributed by atoms with E-state index in [2.05, 4.69) is 46.9 Å². The van der Waals surface area contributed by atoms with Crippen molar-refractivity contribution in [1.82, 2.24) is 10.2 Å². The first-order valence-corrected chi connectivity index (χ1v) is 8.57. The van der Waals surface area contributed by atoms with E-state index in [9.17, 15) is 4.39 Å². The van der Waals surface area contributed by atoms with E-state index in [1.165, 1.54) is 19.3 Å². The first kappa shape index (κ1) is 16.9. The van der Waals surface area contributed by atoms with Gasteiger partial charge in [0.2, 0.25) is 0 Å². The van der Waals surface area contributed by atoms with Gasteiger partial charge in [-0.2, -0.15) is 0 Å². The zero-order chi connectivity index (χ0) is 15.5. The Kier molecular flexibility index (Phi) is 5.81. The molecule has 21 heavy (non-hydrogen) atoms. The molecule has 1 fully saturated rings. The number of nitrogens with one attached hydrogen (secondary N) is 1. The van der Waals surface area contributed by atoms with Crippen LogP contribution in [-0.2, 0) is 6.54 Å². The highest BCUT2D eigenvalue weighted by atomic mass is 79.9. The number of rotatable bonds is 4. The van der Waals surface area contributed by atoms with E-state index >= 15 is 0 Å². The van der Waals surface area contributed by atoms with E-state index in [1.807, 2.05) is 6.07 Å². The molecule has 0 spiro atoms. The summed E-state index contributed by atoms with van der Waals surface area (Å²) in [6, 6.07) is 5.70. The summed E-state index contributed by atoms with van der Waals surface area (Å²) in [5.74, 6) is -0.105. The summed E-state index contributed by atoms with van der Waals surface area (Å²) in [5, 5.41) is 3.59. The van der Waals surface area contributed by atoms with Gasteiger partial charge >= 0.3 is 0 Å². The van der Waals surface area contributed by atoms with Crippen molar-refractivity contribution in [2.45, 2.75) is 58.2 Å². The molecule has 0 aromatic heterocycles. The minimum atomic E-state index is -0.105. The first-order chi connectivity index (χ1) is 9.85. The fourth-order valence-electron chi connectivity index (χ4n) is 2.81. The number of hydrogen-bond acceptors (Lipinski definition) is 2. The van der Waals surface area contributed by atoms with Gasteiger partial charge in [-0.15, -0.1) is 0 Å². The average molecular weight is 357 g/mol. The Morgan fingerprint density at radius 1 is 1.33 bits per heavy atom. The summed E-state index contributed by atoms with van der Waals surface area (Å²) in [6.45, 7) is 9.29. The maximum absolute atomic E-state index is 14.0. The van der Waals surface area contributed by atoms with E-state index in [0.717, 1.165) is 23.1 Å². The van der Waals surface area contributed by atoms with Crippen LogP contribution in [0, 0.1) is 5.82 Å². The predicted molar refractivity (Wildman–Crippen MR) is 89.9 cm³/mol. The molecule has 0 radical (unpaired) electrons. The van der Waals surface area contributed by atoms with E-state index in [0.29, 0.717) is 12.6 Å². The molecule has 1 aliphatic heterocycles.